The number of aryl methyl sites for hydroxylation is 1. The fourth-order valence-corrected chi connectivity index (χ4v) is 11.7. The number of esters is 2. The van der Waals surface area contributed by atoms with Crippen LogP contribution < -0.4 is 0 Å². The van der Waals surface area contributed by atoms with Gasteiger partial charge in [0.2, 0.25) is 0 Å². The van der Waals surface area contributed by atoms with Gasteiger partial charge in [0.1, 0.15) is 11.9 Å². The lowest BCUT2D eigenvalue weighted by atomic mass is 9.73. The Hall–Kier alpha value is -1.93. The summed E-state index contributed by atoms with van der Waals surface area (Å²) in [6.07, 6.45) is 6.32. The average molecular weight is 794 g/mol. The number of aromatic nitrogens is 1. The summed E-state index contributed by atoms with van der Waals surface area (Å²) in [7, 11) is -3.03. The molecule has 0 N–H and O–H groups in total. The summed E-state index contributed by atoms with van der Waals surface area (Å²) in [6, 6.07) is 2.98. The minimum atomic E-state index is -2.34. The molecule has 0 aliphatic carbocycles. The van der Waals surface area contributed by atoms with Gasteiger partial charge < -0.3 is 18.3 Å². The molecule has 1 heterocycles. The Morgan fingerprint density at radius 2 is 1.55 bits per heavy atom. The highest BCUT2D eigenvalue weighted by Gasteiger charge is 2.49. The summed E-state index contributed by atoms with van der Waals surface area (Å²) in [6.45, 7) is 33.2. The summed E-state index contributed by atoms with van der Waals surface area (Å²) >= 11 is 1.60. The molecule has 0 aromatic carbocycles. The molecule has 0 aliphatic rings. The molecule has 0 saturated carbocycles. The molecule has 1 rings (SSSR count). The molecule has 0 radical (unpaired) electrons. The quantitative estimate of drug-likeness (QED) is 0.0613. The van der Waals surface area contributed by atoms with Gasteiger partial charge in [-0.15, -0.1) is 11.3 Å². The van der Waals surface area contributed by atoms with Gasteiger partial charge in [-0.1, -0.05) is 80.9 Å². The minimum Gasteiger partial charge on any atom is -0.469 e. The van der Waals surface area contributed by atoms with Crippen LogP contribution in [0.15, 0.2) is 22.6 Å². The first-order valence-electron chi connectivity index (χ1n) is 19.8. The van der Waals surface area contributed by atoms with Crippen molar-refractivity contribution in [2.45, 2.75) is 184 Å². The molecule has 0 amide bonds. The van der Waals surface area contributed by atoms with Crippen LogP contribution >= 0.6 is 11.3 Å². The van der Waals surface area contributed by atoms with Crippen LogP contribution in [0, 0.1) is 24.2 Å². The Bertz CT molecular complexity index is 1380. The highest BCUT2D eigenvalue weighted by atomic mass is 32.1. The van der Waals surface area contributed by atoms with E-state index < -0.39 is 34.1 Å². The maximum Gasteiger partial charge on any atom is 0.308 e. The molecular weight excluding hydrogens is 719 g/mol. The zero-order valence-electron chi connectivity index (χ0n) is 36.5. The first-order valence-corrected chi connectivity index (χ1v) is 26.1. The zero-order chi connectivity index (χ0) is 40.9. The first-order chi connectivity index (χ1) is 24.4. The van der Waals surface area contributed by atoms with Crippen molar-refractivity contribution >= 4 is 51.8 Å². The zero-order valence-corrected chi connectivity index (χ0v) is 39.3. The van der Waals surface area contributed by atoms with E-state index in [-0.39, 0.29) is 47.3 Å². The van der Waals surface area contributed by atoms with Crippen molar-refractivity contribution < 1.29 is 32.7 Å². The lowest BCUT2D eigenvalue weighted by molar-refractivity contribution is -0.148. The lowest BCUT2D eigenvalue weighted by Crippen LogP contribution is -2.54. The van der Waals surface area contributed by atoms with Crippen molar-refractivity contribution in [3.8, 4) is 0 Å². The summed E-state index contributed by atoms with van der Waals surface area (Å²) in [5, 5.41) is 2.92. The number of hydrogen-bond donors (Lipinski definition) is 0. The molecule has 0 aliphatic heterocycles. The molecule has 0 fully saturated rings. The summed E-state index contributed by atoms with van der Waals surface area (Å²) < 4.78 is 24.9. The number of methoxy groups -OCH3 is 1. The fourth-order valence-electron chi connectivity index (χ4n) is 6.68. The highest BCUT2D eigenvalue weighted by molar-refractivity contribution is 7.09. The van der Waals surface area contributed by atoms with E-state index in [0.717, 1.165) is 53.7 Å². The van der Waals surface area contributed by atoms with Gasteiger partial charge in [0, 0.05) is 30.1 Å². The Morgan fingerprint density at radius 3 is 2.02 bits per heavy atom. The van der Waals surface area contributed by atoms with Crippen LogP contribution in [0.5, 0.6) is 0 Å². The van der Waals surface area contributed by atoms with Gasteiger partial charge in [0.15, 0.2) is 16.6 Å². The summed E-state index contributed by atoms with van der Waals surface area (Å²) in [5.74, 6) is -0.866. The Kier molecular flexibility index (Phi) is 19.8. The Balaban J connectivity index is 3.31. The van der Waals surface area contributed by atoms with E-state index in [1.165, 1.54) is 19.6 Å². The largest absolute Gasteiger partial charge is 0.469 e. The van der Waals surface area contributed by atoms with E-state index in [1.54, 1.807) is 11.3 Å². The monoisotopic (exact) mass is 793 g/mol. The summed E-state index contributed by atoms with van der Waals surface area (Å²) in [5.41, 5.74) is 2.14. The van der Waals surface area contributed by atoms with Gasteiger partial charge in [0.25, 0.3) is 0 Å². The molecule has 304 valence electrons. The number of Topliss-reactive ketones (excluding diaryl/α,β-unsaturated/α-hetero) is 1. The number of carbonyl (C=O) groups is 3. The van der Waals surface area contributed by atoms with Crippen molar-refractivity contribution in [2.75, 3.05) is 7.11 Å². The van der Waals surface area contributed by atoms with Gasteiger partial charge >= 0.3 is 11.9 Å². The second-order valence-electron chi connectivity index (χ2n) is 17.3. The molecule has 0 bridgehead atoms. The number of allylic oxidation sites excluding steroid dienone is 1. The van der Waals surface area contributed by atoms with Gasteiger partial charge in [-0.2, -0.15) is 0 Å². The molecule has 53 heavy (non-hydrogen) atoms. The minimum absolute atomic E-state index is 0.0247. The van der Waals surface area contributed by atoms with E-state index in [2.05, 4.69) is 79.5 Å². The van der Waals surface area contributed by atoms with E-state index in [9.17, 15) is 14.4 Å². The molecule has 5 atom stereocenters. The Labute approximate surface area is 329 Å². The lowest BCUT2D eigenvalue weighted by Gasteiger charge is -2.45. The topological polar surface area (TPSA) is 101 Å². The van der Waals surface area contributed by atoms with Crippen molar-refractivity contribution in [1.29, 1.82) is 0 Å². The second-order valence-corrected chi connectivity index (χ2v) is 27.8. The number of thiazole rings is 1. The summed E-state index contributed by atoms with van der Waals surface area (Å²) in [4.78, 5) is 43.9. The first kappa shape index (κ1) is 49.1. The van der Waals surface area contributed by atoms with Crippen LogP contribution in [0.2, 0.25) is 36.3 Å². The van der Waals surface area contributed by atoms with E-state index in [1.807, 2.05) is 46.1 Å². The molecule has 1 aromatic heterocycles. The van der Waals surface area contributed by atoms with Gasteiger partial charge in [0.05, 0.1) is 36.4 Å². The fraction of sp³-hybridized carbons (Fsp3) is 0.762. The normalized spacial score (nSPS) is 16.5. The van der Waals surface area contributed by atoms with Gasteiger partial charge in [-0.25, -0.2) is 4.98 Å². The third-order valence-corrected chi connectivity index (χ3v) is 21.7. The third kappa shape index (κ3) is 14.9. The third-order valence-electron chi connectivity index (χ3n) is 11.8. The molecule has 0 saturated heterocycles. The molecular formula is C42H75NO7SSi2. The number of hydrogen-bond acceptors (Lipinski definition) is 9. The molecule has 8 nitrogen and oxygen atoms in total. The number of carbonyl (C=O) groups excluding carboxylic acids is 3. The number of ether oxygens (including phenoxy) is 2. The predicted octanol–water partition coefficient (Wildman–Crippen LogP) is 11.5. The van der Waals surface area contributed by atoms with Crippen molar-refractivity contribution in [1.82, 2.24) is 4.98 Å². The number of ketones is 1. The standard InChI is InChI=1S/C42H75NO7SSi2/c1-18-53(19-2,20-3)50-39(32(7)40(46)42(13,14)37(27-38(45)47-15)49-52(16,17)41(10,11)12)30(5)23-21-22-29(4)24-25-36(48-34(9)44)31(6)26-35-28-51-33(8)43-35/h24,26,28,30,32,36-37,39H,18-23,25,27H2,1-17H3/b29-24-,31-26+/t30?,32?,36?,37-,39?/m0/s1. The van der Waals surface area contributed by atoms with E-state index >= 15 is 0 Å². The highest BCUT2D eigenvalue weighted by Crippen LogP contribution is 2.43. The van der Waals surface area contributed by atoms with Gasteiger partial charge in [-0.3, -0.25) is 14.4 Å². The maximum absolute atomic E-state index is 14.8. The van der Waals surface area contributed by atoms with Crippen molar-refractivity contribution in [3.63, 3.8) is 0 Å². The SMILES string of the molecule is CC[Si](CC)(CC)OC(C(C)CCC/C(C)=C\CC(OC(C)=O)/C(C)=C/c1csc(C)n1)C(C)C(=O)C(C)(C)[C@H](CC(=O)OC)O[Si](C)(C)C(C)(C)C. The number of nitrogens with zero attached hydrogens (tertiary/aromatic N) is 1. The smallest absolute Gasteiger partial charge is 0.308 e. The Morgan fingerprint density at radius 1 is 0.962 bits per heavy atom. The second kappa shape index (κ2) is 21.4. The van der Waals surface area contributed by atoms with Crippen LogP contribution in [0.4, 0.5) is 0 Å². The molecule has 11 heteroatoms. The molecule has 1 aromatic rings. The van der Waals surface area contributed by atoms with E-state index in [0.29, 0.717) is 6.42 Å². The van der Waals surface area contributed by atoms with Gasteiger partial charge in [-0.05, 0) is 93.9 Å². The van der Waals surface area contributed by atoms with Crippen LogP contribution in [0.1, 0.15) is 133 Å². The van der Waals surface area contributed by atoms with Crippen LogP contribution in [0.25, 0.3) is 6.08 Å². The van der Waals surface area contributed by atoms with Crippen LogP contribution in [-0.4, -0.2) is 64.8 Å². The average Bonchev–Trinajstić information content (AvgIpc) is 3.49. The van der Waals surface area contributed by atoms with Crippen molar-refractivity contribution in [3.05, 3.63) is 33.3 Å². The maximum atomic E-state index is 14.8. The predicted molar refractivity (Wildman–Crippen MR) is 226 cm³/mol. The van der Waals surface area contributed by atoms with Crippen LogP contribution in [-0.2, 0) is 32.7 Å². The van der Waals surface area contributed by atoms with Crippen LogP contribution in [0.3, 0.4) is 0 Å². The van der Waals surface area contributed by atoms with E-state index in [4.69, 9.17) is 18.3 Å². The molecule has 4 unspecified atom stereocenters. The van der Waals surface area contributed by atoms with Crippen molar-refractivity contribution in [2.24, 2.45) is 17.3 Å². The number of rotatable bonds is 23. The molecule has 0 spiro atoms.